The maximum atomic E-state index is 11.7. The van der Waals surface area contributed by atoms with Crippen LogP contribution in [0.25, 0.3) is 0 Å². The second-order valence-electron chi connectivity index (χ2n) is 7.38. The Hall–Kier alpha value is -1.73. The van der Waals surface area contributed by atoms with Gasteiger partial charge in [0.25, 0.3) is 8.32 Å². The van der Waals surface area contributed by atoms with Gasteiger partial charge in [-0.25, -0.2) is 13.6 Å². The van der Waals surface area contributed by atoms with Crippen molar-refractivity contribution in [1.29, 1.82) is 0 Å². The Morgan fingerprint density at radius 1 is 1.04 bits per heavy atom. The summed E-state index contributed by atoms with van der Waals surface area (Å²) in [7, 11) is -6.52. The van der Waals surface area contributed by atoms with Gasteiger partial charge in [-0.1, -0.05) is 87.5 Å². The first kappa shape index (κ1) is 20.6. The van der Waals surface area contributed by atoms with Crippen molar-refractivity contribution in [2.24, 2.45) is 5.14 Å². The lowest BCUT2D eigenvalue weighted by molar-refractivity contribution is 0.254. The first-order chi connectivity index (χ1) is 12.1. The molecule has 0 amide bonds. The number of benzene rings is 2. The molecule has 4 nitrogen and oxygen atoms in total. The molecule has 0 heterocycles. The molecule has 0 saturated heterocycles. The van der Waals surface area contributed by atoms with E-state index in [1.807, 2.05) is 36.4 Å². The molecule has 6 heteroatoms. The van der Waals surface area contributed by atoms with Crippen LogP contribution >= 0.6 is 0 Å². The molecule has 2 aromatic carbocycles. The molecule has 1 atom stereocenters. The van der Waals surface area contributed by atoms with Gasteiger partial charge in [0.05, 0.1) is 11.9 Å². The third-order valence-electron chi connectivity index (χ3n) is 4.40. The predicted molar refractivity (Wildman–Crippen MR) is 111 cm³/mol. The molecular formula is C20H27NO3SSi. The molecule has 0 aromatic heterocycles. The topological polar surface area (TPSA) is 69.4 Å². The van der Waals surface area contributed by atoms with E-state index in [0.717, 1.165) is 10.4 Å². The summed E-state index contributed by atoms with van der Waals surface area (Å²) in [6.45, 7) is 10.2. The molecule has 1 unspecified atom stereocenters. The monoisotopic (exact) mass is 389 g/mol. The zero-order valence-electron chi connectivity index (χ0n) is 15.6. The van der Waals surface area contributed by atoms with Gasteiger partial charge in [-0.2, -0.15) is 0 Å². The minimum absolute atomic E-state index is 0.241. The van der Waals surface area contributed by atoms with Crippen molar-refractivity contribution in [3.05, 3.63) is 73.3 Å². The number of hydrogen-bond donors (Lipinski definition) is 1. The largest absolute Gasteiger partial charge is 0.400 e. The summed E-state index contributed by atoms with van der Waals surface area (Å²) >= 11 is 0. The highest BCUT2D eigenvalue weighted by Gasteiger charge is 2.51. The molecule has 0 spiro atoms. The third kappa shape index (κ3) is 4.51. The van der Waals surface area contributed by atoms with E-state index in [4.69, 9.17) is 9.56 Å². The first-order valence-corrected chi connectivity index (χ1v) is 12.1. The molecule has 140 valence electrons. The number of sulfonamides is 1. The van der Waals surface area contributed by atoms with Crippen LogP contribution in [0.15, 0.2) is 73.3 Å². The van der Waals surface area contributed by atoms with Crippen molar-refractivity contribution in [2.45, 2.75) is 31.9 Å². The van der Waals surface area contributed by atoms with Gasteiger partial charge in [-0.05, 0) is 15.4 Å². The Morgan fingerprint density at radius 3 is 1.77 bits per heavy atom. The Morgan fingerprint density at radius 2 is 1.46 bits per heavy atom. The fourth-order valence-electron chi connectivity index (χ4n) is 3.30. The summed E-state index contributed by atoms with van der Waals surface area (Å²) in [4.78, 5) is 0. The van der Waals surface area contributed by atoms with Crippen LogP contribution in [0, 0.1) is 0 Å². The van der Waals surface area contributed by atoms with E-state index in [9.17, 15) is 8.42 Å². The summed E-state index contributed by atoms with van der Waals surface area (Å²) in [6, 6.07) is 20.1. The summed E-state index contributed by atoms with van der Waals surface area (Å²) in [5, 5.41) is 7.20. The summed E-state index contributed by atoms with van der Waals surface area (Å²) in [5.74, 6) is -0.291. The van der Waals surface area contributed by atoms with Crippen LogP contribution in [-0.2, 0) is 14.4 Å². The number of rotatable bonds is 7. The number of hydrogen-bond acceptors (Lipinski definition) is 3. The first-order valence-electron chi connectivity index (χ1n) is 8.52. The standard InChI is InChI=1S/C20H27NO3SSi/c1-5-17(16-25(21,22)23)24-26(20(2,3)4,18-12-8-6-9-13-18)19-14-10-7-11-15-19/h5-15,17H,1,16H2,2-4H3,(H2,21,22,23). The molecular weight excluding hydrogens is 362 g/mol. The lowest BCUT2D eigenvalue weighted by Crippen LogP contribution is -2.68. The zero-order chi connectivity index (χ0) is 19.4. The minimum Gasteiger partial charge on any atom is -0.400 e. The van der Waals surface area contributed by atoms with Gasteiger partial charge in [-0.3, -0.25) is 0 Å². The minimum atomic E-state index is -3.69. The van der Waals surface area contributed by atoms with Gasteiger partial charge in [-0.15, -0.1) is 6.58 Å². The second kappa shape index (κ2) is 7.88. The normalized spacial score (nSPS) is 14.0. The maximum absolute atomic E-state index is 11.7. The molecule has 2 rings (SSSR count). The van der Waals surface area contributed by atoms with E-state index in [2.05, 4.69) is 51.6 Å². The van der Waals surface area contributed by atoms with Crippen LogP contribution < -0.4 is 15.5 Å². The summed E-state index contributed by atoms with van der Waals surface area (Å²) in [6.07, 6.45) is 0.848. The molecule has 26 heavy (non-hydrogen) atoms. The smallest absolute Gasteiger partial charge is 0.261 e. The van der Waals surface area contributed by atoms with Crippen molar-refractivity contribution in [1.82, 2.24) is 0 Å². The van der Waals surface area contributed by atoms with E-state index in [0.29, 0.717) is 0 Å². The van der Waals surface area contributed by atoms with Crippen molar-refractivity contribution in [2.75, 3.05) is 5.75 Å². The second-order valence-corrected chi connectivity index (χ2v) is 13.3. The highest BCUT2D eigenvalue weighted by Crippen LogP contribution is 2.37. The van der Waals surface area contributed by atoms with Crippen LogP contribution in [0.5, 0.6) is 0 Å². The van der Waals surface area contributed by atoms with Gasteiger partial charge < -0.3 is 4.43 Å². The SMILES string of the molecule is C=CC(CS(N)(=O)=O)O[Si](c1ccccc1)(c1ccccc1)C(C)(C)C. The van der Waals surface area contributed by atoms with Crippen LogP contribution in [0.3, 0.4) is 0 Å². The Kier molecular flexibility index (Phi) is 6.23. The molecule has 0 bridgehead atoms. The van der Waals surface area contributed by atoms with Crippen LogP contribution in [0.1, 0.15) is 20.8 Å². The molecule has 0 aliphatic heterocycles. The molecule has 0 saturated carbocycles. The van der Waals surface area contributed by atoms with Crippen molar-refractivity contribution in [3.63, 3.8) is 0 Å². The van der Waals surface area contributed by atoms with Gasteiger partial charge in [0, 0.05) is 0 Å². The Labute approximate surface area is 157 Å². The lowest BCUT2D eigenvalue weighted by Gasteiger charge is -2.44. The highest BCUT2D eigenvalue weighted by molar-refractivity contribution is 7.89. The Bertz CT molecular complexity index is 791. The van der Waals surface area contributed by atoms with E-state index in [1.165, 1.54) is 6.08 Å². The van der Waals surface area contributed by atoms with Crippen molar-refractivity contribution >= 4 is 28.7 Å². The maximum Gasteiger partial charge on any atom is 0.261 e. The fraction of sp³-hybridized carbons (Fsp3) is 0.300. The molecule has 0 aliphatic rings. The average Bonchev–Trinajstić information content (AvgIpc) is 2.58. The summed E-state index contributed by atoms with van der Waals surface area (Å²) in [5.41, 5.74) is 0. The molecule has 2 N–H and O–H groups in total. The molecule has 0 fully saturated rings. The molecule has 0 aliphatic carbocycles. The molecule has 0 radical (unpaired) electrons. The predicted octanol–water partition coefficient (Wildman–Crippen LogP) is 2.41. The zero-order valence-corrected chi connectivity index (χ0v) is 17.4. The van der Waals surface area contributed by atoms with Crippen LogP contribution in [0.4, 0.5) is 0 Å². The van der Waals surface area contributed by atoms with Crippen LogP contribution in [0.2, 0.25) is 5.04 Å². The van der Waals surface area contributed by atoms with E-state index < -0.39 is 24.4 Å². The number of primary sulfonamides is 1. The van der Waals surface area contributed by atoms with Gasteiger partial charge in [0.1, 0.15) is 0 Å². The van der Waals surface area contributed by atoms with E-state index in [-0.39, 0.29) is 10.8 Å². The van der Waals surface area contributed by atoms with E-state index in [1.54, 1.807) is 0 Å². The molecule has 2 aromatic rings. The fourth-order valence-corrected chi connectivity index (χ4v) is 8.73. The number of nitrogens with two attached hydrogens (primary N) is 1. The van der Waals surface area contributed by atoms with Gasteiger partial charge in [0.15, 0.2) is 0 Å². The Balaban J connectivity index is 2.69. The van der Waals surface area contributed by atoms with Gasteiger partial charge >= 0.3 is 0 Å². The van der Waals surface area contributed by atoms with E-state index >= 15 is 0 Å². The quantitative estimate of drug-likeness (QED) is 0.584. The lowest BCUT2D eigenvalue weighted by atomic mass is 10.2. The third-order valence-corrected chi connectivity index (χ3v) is 10.3. The highest BCUT2D eigenvalue weighted by atomic mass is 32.2. The van der Waals surface area contributed by atoms with Crippen LogP contribution in [-0.4, -0.2) is 28.6 Å². The van der Waals surface area contributed by atoms with Gasteiger partial charge in [0.2, 0.25) is 10.0 Å². The summed E-state index contributed by atoms with van der Waals surface area (Å²) < 4.78 is 30.0. The van der Waals surface area contributed by atoms with Crippen molar-refractivity contribution < 1.29 is 12.8 Å². The average molecular weight is 390 g/mol. The van der Waals surface area contributed by atoms with Crippen molar-refractivity contribution in [3.8, 4) is 0 Å².